The summed E-state index contributed by atoms with van der Waals surface area (Å²) in [6.45, 7) is 8.13. The van der Waals surface area contributed by atoms with Gasteiger partial charge in [0.1, 0.15) is 6.61 Å². The van der Waals surface area contributed by atoms with Crippen molar-refractivity contribution in [1.82, 2.24) is 4.90 Å². The molecule has 1 heterocycles. The van der Waals surface area contributed by atoms with Crippen molar-refractivity contribution in [2.45, 2.75) is 52.1 Å². The van der Waals surface area contributed by atoms with Crippen LogP contribution in [0.5, 0.6) is 0 Å². The molecular weight excluding hydrogens is 322 g/mol. The second-order valence-electron chi connectivity index (χ2n) is 8.66. The Morgan fingerprint density at radius 3 is 2.69 bits per heavy atom. The number of β-amino-alcohol motifs (C(OH)–C–C–N with tert-alkyl or cyclic N) is 1. The standard InChI is InChI=1S/C23H31NO2/c1-23(2)15-21(26-11-10-24-9-5-8-20(25)16-24)13-19-12-17-6-3-4-7-18(17)14-22(19)23/h3-4,6-7,15,20,25H,5,8-14,16H2,1-2H3. The monoisotopic (exact) mass is 353 g/mol. The maximum atomic E-state index is 9.81. The van der Waals surface area contributed by atoms with Crippen molar-refractivity contribution in [3.05, 3.63) is 58.4 Å². The Kier molecular flexibility index (Phi) is 4.94. The van der Waals surface area contributed by atoms with Gasteiger partial charge in [0.15, 0.2) is 0 Å². The molecule has 0 amide bonds. The number of aliphatic hydroxyl groups is 1. The molecular formula is C23H31NO2. The fraction of sp³-hybridized carbons (Fsp3) is 0.565. The van der Waals surface area contributed by atoms with Gasteiger partial charge in [-0.1, -0.05) is 49.3 Å². The van der Waals surface area contributed by atoms with Crippen LogP contribution in [-0.2, 0) is 17.6 Å². The molecule has 1 atom stereocenters. The van der Waals surface area contributed by atoms with E-state index in [0.29, 0.717) is 6.61 Å². The van der Waals surface area contributed by atoms with Crippen LogP contribution in [0.4, 0.5) is 0 Å². The maximum Gasteiger partial charge on any atom is 0.100 e. The predicted molar refractivity (Wildman–Crippen MR) is 105 cm³/mol. The van der Waals surface area contributed by atoms with E-state index < -0.39 is 0 Å². The summed E-state index contributed by atoms with van der Waals surface area (Å²) in [6.07, 6.45) is 7.30. The lowest BCUT2D eigenvalue weighted by atomic mass is 9.69. The van der Waals surface area contributed by atoms with Gasteiger partial charge in [-0.25, -0.2) is 0 Å². The average Bonchev–Trinajstić information content (AvgIpc) is 2.60. The van der Waals surface area contributed by atoms with Crippen LogP contribution in [0, 0.1) is 5.41 Å². The summed E-state index contributed by atoms with van der Waals surface area (Å²) in [7, 11) is 0. The second-order valence-corrected chi connectivity index (χ2v) is 8.66. The highest BCUT2D eigenvalue weighted by molar-refractivity contribution is 5.46. The zero-order valence-corrected chi connectivity index (χ0v) is 16.1. The summed E-state index contributed by atoms with van der Waals surface area (Å²) in [4.78, 5) is 2.32. The minimum atomic E-state index is -0.161. The molecule has 1 aromatic rings. The lowest BCUT2D eigenvalue weighted by molar-refractivity contribution is 0.0554. The van der Waals surface area contributed by atoms with E-state index in [1.165, 1.54) is 11.1 Å². The van der Waals surface area contributed by atoms with Crippen molar-refractivity contribution < 1.29 is 9.84 Å². The van der Waals surface area contributed by atoms with Gasteiger partial charge in [0.2, 0.25) is 0 Å². The number of hydrogen-bond donors (Lipinski definition) is 1. The number of nitrogens with zero attached hydrogens (tertiary/aromatic N) is 1. The maximum absolute atomic E-state index is 9.81. The van der Waals surface area contributed by atoms with Crippen molar-refractivity contribution in [3.63, 3.8) is 0 Å². The number of hydrogen-bond acceptors (Lipinski definition) is 3. The zero-order chi connectivity index (χ0) is 18.1. The van der Waals surface area contributed by atoms with Gasteiger partial charge < -0.3 is 9.84 Å². The van der Waals surface area contributed by atoms with Crippen molar-refractivity contribution in [2.24, 2.45) is 5.41 Å². The number of ether oxygens (including phenoxy) is 1. The van der Waals surface area contributed by atoms with E-state index in [4.69, 9.17) is 4.74 Å². The van der Waals surface area contributed by atoms with E-state index >= 15 is 0 Å². The summed E-state index contributed by atoms with van der Waals surface area (Å²) >= 11 is 0. The molecule has 2 aliphatic carbocycles. The van der Waals surface area contributed by atoms with Crippen LogP contribution >= 0.6 is 0 Å². The van der Waals surface area contributed by atoms with E-state index in [-0.39, 0.29) is 11.5 Å². The van der Waals surface area contributed by atoms with E-state index in [1.807, 2.05) is 0 Å². The summed E-state index contributed by atoms with van der Waals surface area (Å²) in [5.74, 6) is 1.13. The molecule has 140 valence electrons. The molecule has 1 aromatic carbocycles. The molecule has 4 rings (SSSR count). The Balaban J connectivity index is 1.39. The van der Waals surface area contributed by atoms with Crippen LogP contribution in [0.25, 0.3) is 0 Å². The summed E-state index contributed by atoms with van der Waals surface area (Å²) in [5.41, 5.74) is 6.17. The van der Waals surface area contributed by atoms with E-state index in [1.54, 1.807) is 11.1 Å². The number of allylic oxidation sites excluding steroid dienone is 3. The average molecular weight is 354 g/mol. The van der Waals surface area contributed by atoms with Gasteiger partial charge in [-0.05, 0) is 49.4 Å². The molecule has 1 unspecified atom stereocenters. The molecule has 3 heteroatoms. The number of aliphatic hydroxyl groups excluding tert-OH is 1. The van der Waals surface area contributed by atoms with E-state index in [2.05, 4.69) is 49.1 Å². The summed E-state index contributed by atoms with van der Waals surface area (Å²) in [5, 5.41) is 9.81. The minimum absolute atomic E-state index is 0.0672. The largest absolute Gasteiger partial charge is 0.497 e. The molecule has 0 radical (unpaired) electrons. The normalized spacial score (nSPS) is 25.3. The highest BCUT2D eigenvalue weighted by Gasteiger charge is 2.33. The van der Waals surface area contributed by atoms with Crippen LogP contribution < -0.4 is 0 Å². The third-order valence-electron chi connectivity index (χ3n) is 6.18. The van der Waals surface area contributed by atoms with Gasteiger partial charge in [0.25, 0.3) is 0 Å². The van der Waals surface area contributed by atoms with Gasteiger partial charge in [-0.3, -0.25) is 4.90 Å². The fourth-order valence-electron chi connectivity index (χ4n) is 4.79. The number of benzene rings is 1. The fourth-order valence-corrected chi connectivity index (χ4v) is 4.79. The molecule has 0 bridgehead atoms. The summed E-state index contributed by atoms with van der Waals surface area (Å²) < 4.78 is 6.20. The quantitative estimate of drug-likeness (QED) is 0.834. The van der Waals surface area contributed by atoms with Crippen LogP contribution in [0.3, 0.4) is 0 Å². The Morgan fingerprint density at radius 1 is 1.15 bits per heavy atom. The van der Waals surface area contributed by atoms with Crippen LogP contribution in [0.2, 0.25) is 0 Å². The first-order chi connectivity index (χ1) is 12.5. The Bertz CT molecular complexity index is 731. The predicted octanol–water partition coefficient (Wildman–Crippen LogP) is 3.87. The first-order valence-electron chi connectivity index (χ1n) is 10.0. The first kappa shape index (κ1) is 17.8. The highest BCUT2D eigenvalue weighted by Crippen LogP contribution is 2.44. The van der Waals surface area contributed by atoms with Crippen LogP contribution in [0.15, 0.2) is 47.2 Å². The van der Waals surface area contributed by atoms with Crippen molar-refractivity contribution in [1.29, 1.82) is 0 Å². The van der Waals surface area contributed by atoms with Gasteiger partial charge >= 0.3 is 0 Å². The molecule has 1 aliphatic heterocycles. The Morgan fingerprint density at radius 2 is 1.92 bits per heavy atom. The lowest BCUT2D eigenvalue weighted by Gasteiger charge is -2.37. The molecule has 3 aliphatic rings. The summed E-state index contributed by atoms with van der Waals surface area (Å²) in [6, 6.07) is 8.85. The number of piperidine rings is 1. The van der Waals surface area contributed by atoms with E-state index in [9.17, 15) is 5.11 Å². The molecule has 3 nitrogen and oxygen atoms in total. The number of likely N-dealkylation sites (tertiary alicyclic amines) is 1. The molecule has 1 saturated heterocycles. The van der Waals surface area contributed by atoms with Crippen molar-refractivity contribution in [3.8, 4) is 0 Å². The number of fused-ring (bicyclic) bond motifs is 1. The molecule has 1 N–H and O–H groups in total. The zero-order valence-electron chi connectivity index (χ0n) is 16.1. The topological polar surface area (TPSA) is 32.7 Å². The molecule has 0 aromatic heterocycles. The highest BCUT2D eigenvalue weighted by atomic mass is 16.5. The lowest BCUT2D eigenvalue weighted by Crippen LogP contribution is -2.40. The second kappa shape index (κ2) is 7.21. The van der Waals surface area contributed by atoms with Crippen LogP contribution in [-0.4, -0.2) is 42.4 Å². The Hall–Kier alpha value is -1.58. The third kappa shape index (κ3) is 3.74. The number of rotatable bonds is 4. The molecule has 0 spiro atoms. The Labute approximate surface area is 157 Å². The van der Waals surface area contributed by atoms with Gasteiger partial charge in [-0.15, -0.1) is 0 Å². The third-order valence-corrected chi connectivity index (χ3v) is 6.18. The van der Waals surface area contributed by atoms with Crippen molar-refractivity contribution >= 4 is 0 Å². The van der Waals surface area contributed by atoms with Gasteiger partial charge in [0.05, 0.1) is 11.9 Å². The molecule has 26 heavy (non-hydrogen) atoms. The van der Waals surface area contributed by atoms with Crippen LogP contribution in [0.1, 0.15) is 44.2 Å². The van der Waals surface area contributed by atoms with Crippen molar-refractivity contribution in [2.75, 3.05) is 26.2 Å². The first-order valence-corrected chi connectivity index (χ1v) is 10.0. The van der Waals surface area contributed by atoms with Gasteiger partial charge in [0, 0.05) is 24.9 Å². The van der Waals surface area contributed by atoms with Gasteiger partial charge in [-0.2, -0.15) is 0 Å². The molecule has 1 fully saturated rings. The molecule has 0 saturated carbocycles. The SMILES string of the molecule is CC1(C)C=C(OCCN2CCCC(O)C2)CC2=C1Cc1ccccc1C2. The van der Waals surface area contributed by atoms with E-state index in [0.717, 1.165) is 57.5 Å². The smallest absolute Gasteiger partial charge is 0.100 e. The minimum Gasteiger partial charge on any atom is -0.497 e.